The molecular weight excluding hydrogens is 608 g/mol. The molecule has 0 radical (unpaired) electrons. The van der Waals surface area contributed by atoms with Gasteiger partial charge in [0.05, 0.1) is 5.60 Å². The zero-order valence-corrected chi connectivity index (χ0v) is 24.2. The molecule has 3 heterocycles. The van der Waals surface area contributed by atoms with E-state index < -0.39 is 30.4 Å². The van der Waals surface area contributed by atoms with E-state index in [1.54, 1.807) is 0 Å². The second-order valence-electron chi connectivity index (χ2n) is 10.2. The minimum atomic E-state index is -5.08. The molecule has 9 nitrogen and oxygen atoms in total. The molecule has 1 atom stereocenters. The number of carbonyl (C=O) groups is 3. The van der Waals surface area contributed by atoms with Crippen LogP contribution in [0.4, 0.5) is 26.3 Å². The van der Waals surface area contributed by atoms with Crippen LogP contribution >= 0.6 is 11.3 Å². The maximum absolute atomic E-state index is 12.8. The molecule has 1 spiro atoms. The van der Waals surface area contributed by atoms with E-state index in [1.807, 2.05) is 11.3 Å². The van der Waals surface area contributed by atoms with E-state index in [0.29, 0.717) is 13.1 Å². The smallest absolute Gasteiger partial charge is 0.475 e. The molecule has 16 heteroatoms. The van der Waals surface area contributed by atoms with Gasteiger partial charge in [-0.25, -0.2) is 9.59 Å². The lowest BCUT2D eigenvalue weighted by Crippen LogP contribution is -2.61. The molecule has 0 saturated carbocycles. The standard InChI is InChI=1S/C23H31N3O2S.2C2HF3O2/c1-18-5-7-19(8-6-18)14-24-22(27)21-16-25(2)17-23(28-21)9-11-26(12-10-23)15-20-4-3-13-29-20;2*3-2(4,5)1(6)7/h3-8,13,21H,9-12,14-17H2,1-2H3,(H,24,27);2*(H,6,7). The summed E-state index contributed by atoms with van der Waals surface area (Å²) in [7, 11) is 2.10. The number of alkyl halides is 6. The highest BCUT2D eigenvalue weighted by Gasteiger charge is 2.44. The third-order valence-electron chi connectivity index (χ3n) is 6.52. The molecule has 240 valence electrons. The van der Waals surface area contributed by atoms with Crippen LogP contribution in [0.25, 0.3) is 0 Å². The number of carbonyl (C=O) groups excluding carboxylic acids is 1. The van der Waals surface area contributed by atoms with Crippen LogP contribution in [0.5, 0.6) is 0 Å². The van der Waals surface area contributed by atoms with Gasteiger partial charge in [-0.3, -0.25) is 9.69 Å². The van der Waals surface area contributed by atoms with E-state index in [4.69, 9.17) is 24.5 Å². The lowest BCUT2D eigenvalue weighted by Gasteiger charge is -2.48. The number of hydrogen-bond acceptors (Lipinski definition) is 7. The van der Waals surface area contributed by atoms with Crippen LogP contribution in [0.3, 0.4) is 0 Å². The number of nitrogens with zero attached hydrogens (tertiary/aromatic N) is 2. The summed E-state index contributed by atoms with van der Waals surface area (Å²) in [4.78, 5) is 36.8. The first-order valence-corrected chi connectivity index (χ1v) is 13.8. The van der Waals surface area contributed by atoms with Gasteiger partial charge in [-0.15, -0.1) is 11.3 Å². The summed E-state index contributed by atoms with van der Waals surface area (Å²) in [5.74, 6) is -5.52. The van der Waals surface area contributed by atoms with Crippen LogP contribution in [-0.2, 0) is 32.2 Å². The Hall–Kier alpha value is -3.21. The predicted octanol–water partition coefficient (Wildman–Crippen LogP) is 4.30. The number of likely N-dealkylation sites (tertiary alicyclic amines) is 1. The van der Waals surface area contributed by atoms with E-state index in [0.717, 1.165) is 44.6 Å². The summed E-state index contributed by atoms with van der Waals surface area (Å²) >= 11 is 1.82. The van der Waals surface area contributed by atoms with E-state index in [2.05, 4.69) is 70.9 Å². The number of amides is 1. The van der Waals surface area contributed by atoms with Crippen LogP contribution in [-0.4, -0.2) is 95.1 Å². The van der Waals surface area contributed by atoms with Crippen LogP contribution < -0.4 is 5.32 Å². The summed E-state index contributed by atoms with van der Waals surface area (Å²) in [6.07, 6.45) is -8.61. The molecule has 43 heavy (non-hydrogen) atoms. The molecule has 1 amide bonds. The highest BCUT2D eigenvalue weighted by atomic mass is 32.1. The molecule has 2 saturated heterocycles. The maximum Gasteiger partial charge on any atom is 0.490 e. The third kappa shape index (κ3) is 12.5. The number of ether oxygens (including phenoxy) is 1. The average molecular weight is 642 g/mol. The van der Waals surface area contributed by atoms with Gasteiger partial charge in [-0.05, 0) is 43.8 Å². The largest absolute Gasteiger partial charge is 0.490 e. The number of likely N-dealkylation sites (N-methyl/N-ethyl adjacent to an activating group) is 1. The number of aliphatic carboxylic acids is 2. The van der Waals surface area contributed by atoms with Crippen molar-refractivity contribution < 1.29 is 55.7 Å². The van der Waals surface area contributed by atoms with Crippen molar-refractivity contribution >= 4 is 29.2 Å². The summed E-state index contributed by atoms with van der Waals surface area (Å²) in [6, 6.07) is 12.6. The van der Waals surface area contributed by atoms with Gasteiger partial charge in [0.1, 0.15) is 6.10 Å². The molecule has 0 aliphatic carbocycles. The van der Waals surface area contributed by atoms with Gasteiger partial charge in [0.2, 0.25) is 0 Å². The minimum Gasteiger partial charge on any atom is -0.475 e. The molecule has 2 aliphatic rings. The monoisotopic (exact) mass is 641 g/mol. The second kappa shape index (κ2) is 15.5. The van der Waals surface area contributed by atoms with E-state index in [-0.39, 0.29) is 11.5 Å². The second-order valence-corrected chi connectivity index (χ2v) is 11.2. The molecular formula is C27H33F6N3O6S. The first kappa shape index (κ1) is 36.0. The topological polar surface area (TPSA) is 119 Å². The van der Waals surface area contributed by atoms with Crippen molar-refractivity contribution in [2.75, 3.05) is 33.2 Å². The number of halogens is 6. The molecule has 1 aromatic heterocycles. The number of morpholine rings is 1. The van der Waals surface area contributed by atoms with E-state index in [9.17, 15) is 31.1 Å². The number of carboxylic acids is 2. The van der Waals surface area contributed by atoms with Crippen LogP contribution in [0.2, 0.25) is 0 Å². The van der Waals surface area contributed by atoms with Gasteiger partial charge >= 0.3 is 24.3 Å². The number of hydrogen-bond donors (Lipinski definition) is 3. The number of benzene rings is 1. The normalized spacial score (nSPS) is 18.9. The Morgan fingerprint density at radius 3 is 2.00 bits per heavy atom. The molecule has 4 rings (SSSR count). The summed E-state index contributed by atoms with van der Waals surface area (Å²) in [5.41, 5.74) is 2.14. The minimum absolute atomic E-state index is 0.00230. The van der Waals surface area contributed by atoms with Crippen molar-refractivity contribution in [3.05, 3.63) is 57.8 Å². The van der Waals surface area contributed by atoms with Crippen molar-refractivity contribution in [2.45, 2.75) is 56.9 Å². The Labute approximate surface area is 248 Å². The van der Waals surface area contributed by atoms with Gasteiger partial charge in [0, 0.05) is 44.1 Å². The molecule has 0 bridgehead atoms. The quantitative estimate of drug-likeness (QED) is 0.414. The first-order valence-electron chi connectivity index (χ1n) is 12.9. The fourth-order valence-electron chi connectivity index (χ4n) is 4.38. The first-order chi connectivity index (χ1) is 19.9. The Balaban J connectivity index is 0.000000384. The summed E-state index contributed by atoms with van der Waals surface area (Å²) in [6.45, 7) is 7.22. The molecule has 2 fully saturated rings. The molecule has 3 N–H and O–H groups in total. The number of piperidine rings is 1. The lowest BCUT2D eigenvalue weighted by atomic mass is 9.88. The van der Waals surface area contributed by atoms with Gasteiger partial charge < -0.3 is 25.2 Å². The Kier molecular flexibility index (Phi) is 13.0. The fourth-order valence-corrected chi connectivity index (χ4v) is 5.12. The van der Waals surface area contributed by atoms with Crippen LogP contribution in [0.1, 0.15) is 28.8 Å². The van der Waals surface area contributed by atoms with Crippen molar-refractivity contribution in [3.8, 4) is 0 Å². The predicted molar refractivity (Wildman–Crippen MR) is 144 cm³/mol. The van der Waals surface area contributed by atoms with Crippen LogP contribution in [0, 0.1) is 6.92 Å². The van der Waals surface area contributed by atoms with Crippen LogP contribution in [0.15, 0.2) is 41.8 Å². The summed E-state index contributed by atoms with van der Waals surface area (Å²) < 4.78 is 69.9. The number of thiophene rings is 1. The highest BCUT2D eigenvalue weighted by molar-refractivity contribution is 7.09. The molecule has 2 aromatic rings. The SMILES string of the molecule is Cc1ccc(CNC(=O)C2CN(C)CC3(CCN(Cc4cccs4)CC3)O2)cc1.O=C(O)C(F)(F)F.O=C(O)C(F)(F)F. The molecule has 1 unspecified atom stereocenters. The number of carboxylic acid groups (broad SMARTS) is 2. The fraction of sp³-hybridized carbons (Fsp3) is 0.519. The number of aryl methyl sites for hydroxylation is 1. The van der Waals surface area contributed by atoms with Gasteiger partial charge in [0.25, 0.3) is 5.91 Å². The summed E-state index contributed by atoms with van der Waals surface area (Å²) in [5, 5.41) is 19.5. The molecule has 2 aliphatic heterocycles. The number of nitrogens with one attached hydrogen (secondary N) is 1. The zero-order valence-electron chi connectivity index (χ0n) is 23.4. The van der Waals surface area contributed by atoms with Crippen molar-refractivity contribution in [1.82, 2.24) is 15.1 Å². The van der Waals surface area contributed by atoms with Gasteiger partial charge in [0.15, 0.2) is 0 Å². The van der Waals surface area contributed by atoms with Crippen molar-refractivity contribution in [2.24, 2.45) is 0 Å². The Morgan fingerprint density at radius 1 is 1.00 bits per heavy atom. The maximum atomic E-state index is 12.8. The van der Waals surface area contributed by atoms with Crippen molar-refractivity contribution in [1.29, 1.82) is 0 Å². The third-order valence-corrected chi connectivity index (χ3v) is 7.38. The van der Waals surface area contributed by atoms with E-state index >= 15 is 0 Å². The van der Waals surface area contributed by atoms with Crippen molar-refractivity contribution in [3.63, 3.8) is 0 Å². The van der Waals surface area contributed by atoms with Gasteiger partial charge in [-0.1, -0.05) is 35.9 Å². The zero-order chi connectivity index (χ0) is 32.4. The lowest BCUT2D eigenvalue weighted by molar-refractivity contribution is -0.193. The average Bonchev–Trinajstić information content (AvgIpc) is 3.42. The Bertz CT molecular complexity index is 1160. The highest BCUT2D eigenvalue weighted by Crippen LogP contribution is 2.33. The molecule has 1 aromatic carbocycles. The van der Waals surface area contributed by atoms with Gasteiger partial charge in [-0.2, -0.15) is 26.3 Å². The number of rotatable bonds is 5. The van der Waals surface area contributed by atoms with E-state index in [1.165, 1.54) is 10.4 Å². The Morgan fingerprint density at radius 2 is 1.53 bits per heavy atom.